The van der Waals surface area contributed by atoms with E-state index in [0.717, 1.165) is 4.90 Å². The Hall–Kier alpha value is -1.82. The molecule has 2 saturated heterocycles. The zero-order valence-corrected chi connectivity index (χ0v) is 16.7. The van der Waals surface area contributed by atoms with Gasteiger partial charge in [0.1, 0.15) is 0 Å². The number of carbonyl (C=O) groups excluding carboxylic acids is 3. The molecular weight excluding hydrogens is 398 g/mol. The van der Waals surface area contributed by atoms with Crippen molar-refractivity contribution in [2.75, 3.05) is 25.4 Å². The molecule has 0 aliphatic carbocycles. The minimum absolute atomic E-state index is 0.133. The lowest BCUT2D eigenvalue weighted by Gasteiger charge is -2.25. The number of amides is 3. The number of nitrogens with one attached hydrogen (secondary N) is 3. The van der Waals surface area contributed by atoms with Crippen LogP contribution in [0.3, 0.4) is 0 Å². The predicted molar refractivity (Wildman–Crippen MR) is 95.9 cm³/mol. The van der Waals surface area contributed by atoms with Crippen LogP contribution in [0, 0.1) is 5.92 Å². The molecule has 2 rings (SSSR count). The SMILES string of the molecule is CCS(=O)(=O)NCC(=O)N1CC(F)(F)CC1CNC(=O)C(C)C1CCC(=O)N1. The molecule has 3 atom stereocenters. The molecule has 2 aliphatic heterocycles. The van der Waals surface area contributed by atoms with Gasteiger partial charge in [-0.1, -0.05) is 6.92 Å². The van der Waals surface area contributed by atoms with Crippen LogP contribution in [-0.2, 0) is 24.4 Å². The van der Waals surface area contributed by atoms with Crippen molar-refractivity contribution in [3.63, 3.8) is 0 Å². The molecule has 0 spiro atoms. The topological polar surface area (TPSA) is 125 Å². The minimum Gasteiger partial charge on any atom is -0.354 e. The van der Waals surface area contributed by atoms with E-state index in [9.17, 15) is 31.6 Å². The first-order chi connectivity index (χ1) is 12.9. The highest BCUT2D eigenvalue weighted by Crippen LogP contribution is 2.31. The molecule has 9 nitrogen and oxygen atoms in total. The lowest BCUT2D eigenvalue weighted by Crippen LogP contribution is -2.49. The van der Waals surface area contributed by atoms with E-state index in [1.54, 1.807) is 6.92 Å². The summed E-state index contributed by atoms with van der Waals surface area (Å²) in [6, 6.07) is -1.25. The molecule has 2 heterocycles. The number of alkyl halides is 2. The van der Waals surface area contributed by atoms with Gasteiger partial charge in [0, 0.05) is 25.4 Å². The van der Waals surface area contributed by atoms with Crippen molar-refractivity contribution in [2.45, 2.75) is 51.1 Å². The first-order valence-electron chi connectivity index (χ1n) is 9.16. The molecular formula is C16H26F2N4O5S. The maximum Gasteiger partial charge on any atom is 0.267 e. The summed E-state index contributed by atoms with van der Waals surface area (Å²) in [5.41, 5.74) is 0. The average molecular weight is 424 g/mol. The molecule has 160 valence electrons. The van der Waals surface area contributed by atoms with E-state index < -0.39 is 59.2 Å². The van der Waals surface area contributed by atoms with Gasteiger partial charge in [-0.25, -0.2) is 21.9 Å². The van der Waals surface area contributed by atoms with Crippen LogP contribution >= 0.6 is 0 Å². The van der Waals surface area contributed by atoms with Crippen molar-refractivity contribution in [3.05, 3.63) is 0 Å². The second-order valence-electron chi connectivity index (χ2n) is 7.21. The Balaban J connectivity index is 1.93. The third-order valence-corrected chi connectivity index (χ3v) is 6.42. The van der Waals surface area contributed by atoms with Crippen LogP contribution in [-0.4, -0.2) is 74.4 Å². The highest BCUT2D eigenvalue weighted by atomic mass is 32.2. The van der Waals surface area contributed by atoms with E-state index in [-0.39, 0.29) is 24.2 Å². The number of carbonyl (C=O) groups is 3. The Morgan fingerprint density at radius 3 is 2.64 bits per heavy atom. The molecule has 0 aromatic carbocycles. The zero-order valence-electron chi connectivity index (χ0n) is 15.8. The van der Waals surface area contributed by atoms with Gasteiger partial charge in [-0.3, -0.25) is 14.4 Å². The van der Waals surface area contributed by atoms with Crippen molar-refractivity contribution in [2.24, 2.45) is 5.92 Å². The molecule has 3 unspecified atom stereocenters. The van der Waals surface area contributed by atoms with Crippen LogP contribution in [0.5, 0.6) is 0 Å². The second kappa shape index (κ2) is 8.68. The van der Waals surface area contributed by atoms with Gasteiger partial charge in [0.2, 0.25) is 27.7 Å². The van der Waals surface area contributed by atoms with Gasteiger partial charge >= 0.3 is 0 Å². The number of rotatable bonds is 8. The maximum atomic E-state index is 13.8. The van der Waals surface area contributed by atoms with Crippen molar-refractivity contribution in [1.29, 1.82) is 0 Å². The lowest BCUT2D eigenvalue weighted by atomic mass is 9.99. The van der Waals surface area contributed by atoms with Crippen LogP contribution in [0.25, 0.3) is 0 Å². The predicted octanol–water partition coefficient (Wildman–Crippen LogP) is -0.807. The van der Waals surface area contributed by atoms with Crippen LogP contribution in [0.2, 0.25) is 0 Å². The molecule has 0 aromatic rings. The van der Waals surface area contributed by atoms with Gasteiger partial charge in [0.05, 0.1) is 30.8 Å². The van der Waals surface area contributed by atoms with Crippen LogP contribution in [0.15, 0.2) is 0 Å². The maximum absolute atomic E-state index is 13.8. The normalized spacial score (nSPS) is 25.4. The third kappa shape index (κ3) is 5.84. The van der Waals surface area contributed by atoms with Crippen LogP contribution in [0.1, 0.15) is 33.1 Å². The average Bonchev–Trinajstić information content (AvgIpc) is 3.19. The molecule has 0 saturated carbocycles. The fourth-order valence-electron chi connectivity index (χ4n) is 3.32. The third-order valence-electron chi connectivity index (χ3n) is 5.08. The highest BCUT2D eigenvalue weighted by Gasteiger charge is 2.47. The van der Waals surface area contributed by atoms with Gasteiger partial charge in [-0.2, -0.15) is 0 Å². The van der Waals surface area contributed by atoms with Crippen LogP contribution in [0.4, 0.5) is 8.78 Å². The van der Waals surface area contributed by atoms with Gasteiger partial charge in [0.25, 0.3) is 5.92 Å². The summed E-state index contributed by atoms with van der Waals surface area (Å²) >= 11 is 0. The summed E-state index contributed by atoms with van der Waals surface area (Å²) in [5, 5.41) is 5.26. The van der Waals surface area contributed by atoms with Gasteiger partial charge in [-0.15, -0.1) is 0 Å². The Morgan fingerprint density at radius 1 is 1.39 bits per heavy atom. The lowest BCUT2D eigenvalue weighted by molar-refractivity contribution is -0.133. The molecule has 0 radical (unpaired) electrons. The summed E-state index contributed by atoms with van der Waals surface area (Å²) in [4.78, 5) is 36.7. The monoisotopic (exact) mass is 424 g/mol. The first kappa shape index (κ1) is 22.5. The number of likely N-dealkylation sites (tertiary alicyclic amines) is 1. The molecule has 12 heteroatoms. The van der Waals surface area contributed by atoms with Gasteiger partial charge in [0.15, 0.2) is 0 Å². The molecule has 2 fully saturated rings. The molecule has 2 aliphatic rings. The number of hydrogen-bond acceptors (Lipinski definition) is 5. The standard InChI is InChI=1S/C16H26F2N4O5S/c1-3-28(26,27)20-8-14(24)22-9-16(17,18)6-11(22)7-19-15(25)10(2)12-4-5-13(23)21-12/h10-12,20H,3-9H2,1-2H3,(H,19,25)(H,21,23). The van der Waals surface area contributed by atoms with Crippen molar-refractivity contribution in [3.8, 4) is 0 Å². The quantitative estimate of drug-likeness (QED) is 0.470. The fourth-order valence-corrected chi connectivity index (χ4v) is 3.87. The van der Waals surface area contributed by atoms with E-state index >= 15 is 0 Å². The van der Waals surface area contributed by atoms with E-state index in [0.29, 0.717) is 12.8 Å². The first-order valence-corrected chi connectivity index (χ1v) is 10.8. The fraction of sp³-hybridized carbons (Fsp3) is 0.812. The van der Waals surface area contributed by atoms with E-state index in [1.165, 1.54) is 6.92 Å². The summed E-state index contributed by atoms with van der Waals surface area (Å²) in [5.74, 6) is -5.18. The van der Waals surface area contributed by atoms with Crippen molar-refractivity contribution < 1.29 is 31.6 Å². The molecule has 3 N–H and O–H groups in total. The summed E-state index contributed by atoms with van der Waals surface area (Å²) in [6.45, 7) is 1.42. The molecule has 0 aromatic heterocycles. The largest absolute Gasteiger partial charge is 0.354 e. The Labute approximate surface area is 162 Å². The Kier molecular flexibility index (Phi) is 6.97. The number of nitrogens with zero attached hydrogens (tertiary/aromatic N) is 1. The molecule has 3 amide bonds. The van der Waals surface area contributed by atoms with Crippen LogP contribution < -0.4 is 15.4 Å². The zero-order chi connectivity index (χ0) is 21.1. The number of hydrogen-bond donors (Lipinski definition) is 3. The minimum atomic E-state index is -3.63. The van der Waals surface area contributed by atoms with E-state index in [2.05, 4.69) is 15.4 Å². The highest BCUT2D eigenvalue weighted by molar-refractivity contribution is 7.89. The smallest absolute Gasteiger partial charge is 0.267 e. The second-order valence-corrected chi connectivity index (χ2v) is 9.30. The number of sulfonamides is 1. The Bertz CT molecular complexity index is 731. The van der Waals surface area contributed by atoms with Crippen molar-refractivity contribution >= 4 is 27.7 Å². The van der Waals surface area contributed by atoms with Crippen molar-refractivity contribution in [1.82, 2.24) is 20.3 Å². The van der Waals surface area contributed by atoms with E-state index in [4.69, 9.17) is 0 Å². The summed E-state index contributed by atoms with van der Waals surface area (Å²) < 4.78 is 52.6. The van der Waals surface area contributed by atoms with Gasteiger partial charge in [-0.05, 0) is 13.3 Å². The van der Waals surface area contributed by atoms with Gasteiger partial charge < -0.3 is 15.5 Å². The summed E-state index contributed by atoms with van der Waals surface area (Å²) in [6.07, 6.45) is 0.248. The number of halogens is 2. The Morgan fingerprint density at radius 2 is 2.07 bits per heavy atom. The molecule has 28 heavy (non-hydrogen) atoms. The molecule has 0 bridgehead atoms. The van der Waals surface area contributed by atoms with E-state index in [1.807, 2.05) is 0 Å². The summed E-state index contributed by atoms with van der Waals surface area (Å²) in [7, 11) is -3.63.